The van der Waals surface area contributed by atoms with Gasteiger partial charge in [0, 0.05) is 60.2 Å². The normalized spacial score (nSPS) is 13.6. The van der Waals surface area contributed by atoms with Crippen molar-refractivity contribution in [2.24, 2.45) is 11.5 Å². The smallest absolute Gasteiger partial charge is 0.419 e. The van der Waals surface area contributed by atoms with Gasteiger partial charge in [-0.1, -0.05) is 38.5 Å². The number of nitrogens with two attached hydrogens (primary N) is 2. The summed E-state index contributed by atoms with van der Waals surface area (Å²) in [5.41, 5.74) is 16.9. The fraction of sp³-hybridized carbons (Fsp3) is 0.389. The number of unbranched alkanes of at least 4 members (excludes halogenated alkanes) is 1. The van der Waals surface area contributed by atoms with Gasteiger partial charge in [-0.3, -0.25) is 4.79 Å². The zero-order valence-corrected chi connectivity index (χ0v) is 29.2. The molecule has 3 aromatic heterocycles. The van der Waals surface area contributed by atoms with Crippen molar-refractivity contribution >= 4 is 35.2 Å². The Labute approximate surface area is 299 Å². The molecule has 0 spiro atoms. The average molecular weight is 729 g/mol. The number of benzene rings is 2. The van der Waals surface area contributed by atoms with Crippen LogP contribution in [0.4, 0.5) is 23.5 Å². The number of aromatic nitrogens is 5. The molecule has 1 aliphatic rings. The number of fused-ring (bicyclic) bond motifs is 2. The van der Waals surface area contributed by atoms with Crippen LogP contribution in [0.3, 0.4) is 0 Å². The summed E-state index contributed by atoms with van der Waals surface area (Å²) in [6.45, 7) is 5.02. The molecule has 0 bridgehead atoms. The minimum Gasteiger partial charge on any atom is -0.460 e. The molecule has 1 atom stereocenters. The van der Waals surface area contributed by atoms with Gasteiger partial charge in [-0.05, 0) is 55.5 Å². The fourth-order valence-electron chi connectivity index (χ4n) is 6.59. The summed E-state index contributed by atoms with van der Waals surface area (Å²) in [7, 11) is 0. The number of para-hydroxylation sites is 1. The van der Waals surface area contributed by atoms with Crippen molar-refractivity contribution in [3.8, 4) is 16.9 Å². The minimum atomic E-state index is -4.56. The van der Waals surface area contributed by atoms with Crippen molar-refractivity contribution in [1.29, 1.82) is 0 Å². The molecule has 15 heteroatoms. The number of hydrogen-bond acceptors (Lipinski definition) is 8. The molecule has 51 heavy (non-hydrogen) atoms. The van der Waals surface area contributed by atoms with Gasteiger partial charge in [-0.15, -0.1) is 12.4 Å². The van der Waals surface area contributed by atoms with E-state index in [1.165, 1.54) is 6.07 Å². The largest absolute Gasteiger partial charge is 0.460 e. The maximum atomic E-state index is 16.7. The van der Waals surface area contributed by atoms with Crippen molar-refractivity contribution in [2.75, 3.05) is 18.0 Å². The molecule has 0 aliphatic carbocycles. The first-order valence-corrected chi connectivity index (χ1v) is 16.8. The molecule has 5 N–H and O–H groups in total. The number of carbonyl (C=O) groups excluding carboxylic acids is 1. The highest BCUT2D eigenvalue weighted by Gasteiger charge is 2.34. The highest BCUT2D eigenvalue weighted by atomic mass is 35.5. The number of halogens is 5. The number of aryl methyl sites for hydroxylation is 2. The number of H-pyrrole nitrogens is 1. The van der Waals surface area contributed by atoms with Crippen LogP contribution in [0.25, 0.3) is 27.8 Å². The number of alkyl halides is 3. The zero-order valence-electron chi connectivity index (χ0n) is 28.4. The Kier molecular flexibility index (Phi) is 11.7. The first-order chi connectivity index (χ1) is 24.0. The van der Waals surface area contributed by atoms with Crippen molar-refractivity contribution < 1.29 is 27.1 Å². The number of rotatable bonds is 12. The van der Waals surface area contributed by atoms with Crippen LogP contribution in [0, 0.1) is 5.82 Å². The van der Waals surface area contributed by atoms with Crippen LogP contribution in [0.5, 0.6) is 0 Å². The van der Waals surface area contributed by atoms with Gasteiger partial charge in [0.2, 0.25) is 5.95 Å². The van der Waals surface area contributed by atoms with E-state index in [9.17, 15) is 18.0 Å². The molecule has 10 nitrogen and oxygen atoms in total. The number of anilines is 1. The Morgan fingerprint density at radius 2 is 1.78 bits per heavy atom. The van der Waals surface area contributed by atoms with E-state index in [1.54, 1.807) is 17.2 Å². The van der Waals surface area contributed by atoms with Crippen molar-refractivity contribution in [1.82, 2.24) is 24.7 Å². The second-order valence-electron chi connectivity index (χ2n) is 12.4. The molecule has 0 radical (unpaired) electrons. The first kappa shape index (κ1) is 37.7. The summed E-state index contributed by atoms with van der Waals surface area (Å²) in [5, 5.41) is 5.64. The molecular formula is C36H41ClF4N8O2. The monoisotopic (exact) mass is 728 g/mol. The lowest BCUT2D eigenvalue weighted by Crippen LogP contribution is -2.32. The third-order valence-electron chi connectivity index (χ3n) is 9.22. The molecule has 0 amide bonds. The summed E-state index contributed by atoms with van der Waals surface area (Å²) in [4.78, 5) is 25.7. The predicted molar refractivity (Wildman–Crippen MR) is 189 cm³/mol. The van der Waals surface area contributed by atoms with Crippen LogP contribution in [0.2, 0.25) is 0 Å². The fourth-order valence-corrected chi connectivity index (χ4v) is 6.59. The van der Waals surface area contributed by atoms with Gasteiger partial charge in [0.15, 0.2) is 0 Å². The highest BCUT2D eigenvalue weighted by molar-refractivity contribution is 5.98. The molecule has 272 valence electrons. The number of carbonyl (C=O) groups is 1. The quantitative estimate of drug-likeness (QED) is 0.0744. The lowest BCUT2D eigenvalue weighted by Gasteiger charge is -2.27. The number of ether oxygens (including phenoxy) is 1. The summed E-state index contributed by atoms with van der Waals surface area (Å²) in [5.74, 6) is -0.988. The summed E-state index contributed by atoms with van der Waals surface area (Å²) < 4.78 is 63.9. The third kappa shape index (κ3) is 7.58. The molecule has 0 unspecified atom stereocenters. The molecule has 4 heterocycles. The van der Waals surface area contributed by atoms with Crippen LogP contribution in [-0.4, -0.2) is 49.8 Å². The highest BCUT2D eigenvalue weighted by Crippen LogP contribution is 2.41. The van der Waals surface area contributed by atoms with Crippen LogP contribution < -0.4 is 16.4 Å². The molecule has 0 fully saturated rings. The van der Waals surface area contributed by atoms with Crippen LogP contribution in [0.1, 0.15) is 66.6 Å². The van der Waals surface area contributed by atoms with E-state index < -0.39 is 29.6 Å². The van der Waals surface area contributed by atoms with Gasteiger partial charge in [0.05, 0.1) is 28.2 Å². The topological polar surface area (TPSA) is 141 Å². The van der Waals surface area contributed by atoms with Crippen LogP contribution in [-0.2, 0) is 48.1 Å². The average Bonchev–Trinajstić information content (AvgIpc) is 3.75. The molecule has 2 aromatic carbocycles. The minimum absolute atomic E-state index is 0. The number of esters is 1. The number of nitrogens with one attached hydrogen (secondary N) is 1. The SMILES string of the molecule is CCc1cccc(CC)c1-n1nc2c(c1-c1c(F)cc(COC(=O)[C@@H](N)CCCCN)c3[nH]ccc13)CN(c1ncc(C(F)(F)F)cn1)CC2.Cl. The molecule has 6 rings (SSSR count). The number of hydrogen-bond donors (Lipinski definition) is 3. The molecular weight excluding hydrogens is 688 g/mol. The number of aromatic amines is 1. The van der Waals surface area contributed by atoms with Gasteiger partial charge in [-0.25, -0.2) is 19.0 Å². The standard InChI is InChI=1S/C36H40F4N8O2.ClH/c1-3-21-8-7-9-22(4-2)32(21)48-33(26-19-47(15-12-29(26)46-48)35-44-17-24(18-45-35)36(38,39)40)30-25-11-14-43-31(25)23(16-27(30)37)20-50-34(49)28(42)10-5-6-13-41;/h7-9,11,14,16-18,28,43H,3-6,10,12-13,15,19-20,41-42H2,1-2H3;1H/t28-;/m0./s1. The van der Waals surface area contributed by atoms with Gasteiger partial charge >= 0.3 is 12.1 Å². The van der Waals surface area contributed by atoms with Gasteiger partial charge in [0.25, 0.3) is 0 Å². The lowest BCUT2D eigenvalue weighted by atomic mass is 9.95. The van der Waals surface area contributed by atoms with Crippen LogP contribution >= 0.6 is 12.4 Å². The van der Waals surface area contributed by atoms with Gasteiger partial charge in [-0.2, -0.15) is 18.3 Å². The Morgan fingerprint density at radius 1 is 1.08 bits per heavy atom. The maximum Gasteiger partial charge on any atom is 0.419 e. The second kappa shape index (κ2) is 15.8. The lowest BCUT2D eigenvalue weighted by molar-refractivity contribution is -0.146. The third-order valence-corrected chi connectivity index (χ3v) is 9.22. The Balaban J connectivity index is 0.00000504. The second-order valence-corrected chi connectivity index (χ2v) is 12.4. The molecule has 1 aliphatic heterocycles. The van der Waals surface area contributed by atoms with E-state index in [-0.39, 0.29) is 31.5 Å². The molecule has 5 aromatic rings. The summed E-state index contributed by atoms with van der Waals surface area (Å²) in [6, 6.07) is 8.38. The Bertz CT molecular complexity index is 1970. The predicted octanol–water partition coefficient (Wildman–Crippen LogP) is 6.58. The Hall–Kier alpha value is -4.53. The van der Waals surface area contributed by atoms with Crippen molar-refractivity contribution in [3.05, 3.63) is 88.3 Å². The van der Waals surface area contributed by atoms with Gasteiger partial charge < -0.3 is 26.1 Å². The van der Waals surface area contributed by atoms with E-state index in [2.05, 4.69) is 28.8 Å². The van der Waals surface area contributed by atoms with Crippen LogP contribution in [0.15, 0.2) is 48.9 Å². The summed E-state index contributed by atoms with van der Waals surface area (Å²) >= 11 is 0. The molecule has 0 saturated heterocycles. The Morgan fingerprint density at radius 3 is 2.43 bits per heavy atom. The first-order valence-electron chi connectivity index (χ1n) is 16.8. The van der Waals surface area contributed by atoms with E-state index in [4.69, 9.17) is 21.3 Å². The van der Waals surface area contributed by atoms with E-state index >= 15 is 4.39 Å². The van der Waals surface area contributed by atoms with E-state index in [0.29, 0.717) is 72.9 Å². The van der Waals surface area contributed by atoms with E-state index in [1.807, 2.05) is 22.9 Å². The maximum absolute atomic E-state index is 16.7. The van der Waals surface area contributed by atoms with E-state index in [0.717, 1.165) is 46.9 Å². The van der Waals surface area contributed by atoms with Gasteiger partial charge in [0.1, 0.15) is 18.5 Å². The molecule has 0 saturated carbocycles. The summed E-state index contributed by atoms with van der Waals surface area (Å²) in [6.07, 6.45) is 2.41. The van der Waals surface area contributed by atoms with Crippen molar-refractivity contribution in [3.63, 3.8) is 0 Å². The zero-order chi connectivity index (χ0) is 35.6. The van der Waals surface area contributed by atoms with Crippen molar-refractivity contribution in [2.45, 2.75) is 77.7 Å². The number of nitrogens with zero attached hydrogens (tertiary/aromatic N) is 5.